The summed E-state index contributed by atoms with van der Waals surface area (Å²) in [6.45, 7) is 4.61. The van der Waals surface area contributed by atoms with Crippen LogP contribution in [-0.2, 0) is 9.57 Å². The van der Waals surface area contributed by atoms with Crippen LogP contribution in [-0.4, -0.2) is 12.9 Å². The summed E-state index contributed by atoms with van der Waals surface area (Å²) < 4.78 is 5.17. The molecule has 1 atom stereocenters. The predicted molar refractivity (Wildman–Crippen MR) is 55.7 cm³/mol. The van der Waals surface area contributed by atoms with Crippen LogP contribution in [0.25, 0.3) is 0 Å². The zero-order valence-electron chi connectivity index (χ0n) is 9.20. The molecule has 0 aliphatic carbocycles. The topological polar surface area (TPSA) is 47.9 Å². The SMILES string of the molecule is CCCCCCCC(OCC)ON=O. The number of hydrogen-bond acceptors (Lipinski definition) is 4. The standard InChI is InChI=1S/C10H21NO3/c1-3-5-6-7-8-9-10(13-4-2)14-11-12/h10H,3-9H2,1-2H3. The van der Waals surface area contributed by atoms with Crippen LogP contribution >= 0.6 is 0 Å². The molecule has 0 rings (SSSR count). The van der Waals surface area contributed by atoms with Gasteiger partial charge in [-0.05, 0) is 13.3 Å². The molecule has 84 valence electrons. The summed E-state index contributed by atoms with van der Waals surface area (Å²) in [6, 6.07) is 0. The smallest absolute Gasteiger partial charge is 0.230 e. The van der Waals surface area contributed by atoms with E-state index >= 15 is 0 Å². The van der Waals surface area contributed by atoms with Gasteiger partial charge in [-0.25, -0.2) is 0 Å². The molecular formula is C10H21NO3. The van der Waals surface area contributed by atoms with Gasteiger partial charge in [-0.2, -0.15) is 0 Å². The second-order valence-electron chi connectivity index (χ2n) is 3.27. The Morgan fingerprint density at radius 2 is 1.86 bits per heavy atom. The Labute approximate surface area is 85.9 Å². The maximum Gasteiger partial charge on any atom is 0.230 e. The minimum atomic E-state index is -0.445. The van der Waals surface area contributed by atoms with Crippen molar-refractivity contribution in [3.8, 4) is 0 Å². The molecule has 0 N–H and O–H groups in total. The summed E-state index contributed by atoms with van der Waals surface area (Å²) in [4.78, 5) is 14.4. The Hall–Kier alpha value is -0.640. The van der Waals surface area contributed by atoms with Crippen molar-refractivity contribution in [2.75, 3.05) is 6.61 Å². The summed E-state index contributed by atoms with van der Waals surface area (Å²) in [6.07, 6.45) is 6.25. The van der Waals surface area contributed by atoms with Crippen LogP contribution in [0.5, 0.6) is 0 Å². The lowest BCUT2D eigenvalue weighted by Gasteiger charge is -2.12. The molecule has 0 aromatic rings. The minimum absolute atomic E-state index is 0.445. The van der Waals surface area contributed by atoms with E-state index < -0.39 is 6.29 Å². The second-order valence-corrected chi connectivity index (χ2v) is 3.27. The summed E-state index contributed by atoms with van der Waals surface area (Å²) in [5.74, 6) is 0. The highest BCUT2D eigenvalue weighted by Crippen LogP contribution is 2.10. The molecule has 0 bridgehead atoms. The van der Waals surface area contributed by atoms with Crippen molar-refractivity contribution in [2.45, 2.75) is 58.7 Å². The number of nitrogens with zero attached hydrogens (tertiary/aromatic N) is 1. The normalized spacial score (nSPS) is 12.4. The van der Waals surface area contributed by atoms with Crippen LogP contribution in [0.4, 0.5) is 0 Å². The molecule has 0 aromatic carbocycles. The summed E-state index contributed by atoms with van der Waals surface area (Å²) in [5.41, 5.74) is 0. The van der Waals surface area contributed by atoms with Crippen LogP contribution in [0.2, 0.25) is 0 Å². The van der Waals surface area contributed by atoms with Gasteiger partial charge in [0, 0.05) is 13.0 Å². The lowest BCUT2D eigenvalue weighted by Crippen LogP contribution is -2.14. The highest BCUT2D eigenvalue weighted by atomic mass is 16.8. The highest BCUT2D eigenvalue weighted by molar-refractivity contribution is 4.47. The molecule has 0 spiro atoms. The molecule has 4 nitrogen and oxygen atoms in total. The van der Waals surface area contributed by atoms with Gasteiger partial charge in [-0.3, -0.25) is 0 Å². The lowest BCUT2D eigenvalue weighted by molar-refractivity contribution is -0.144. The molecular weight excluding hydrogens is 182 g/mol. The third kappa shape index (κ3) is 7.98. The first-order valence-electron chi connectivity index (χ1n) is 5.45. The Kier molecular flexibility index (Phi) is 9.96. The van der Waals surface area contributed by atoms with Gasteiger partial charge < -0.3 is 9.57 Å². The zero-order valence-corrected chi connectivity index (χ0v) is 9.20. The molecule has 0 saturated carbocycles. The Balaban J connectivity index is 3.35. The molecule has 0 radical (unpaired) electrons. The van der Waals surface area contributed by atoms with E-state index in [0.717, 1.165) is 12.8 Å². The van der Waals surface area contributed by atoms with E-state index in [1.165, 1.54) is 25.7 Å². The average molecular weight is 203 g/mol. The van der Waals surface area contributed by atoms with Crippen LogP contribution in [0, 0.1) is 4.91 Å². The van der Waals surface area contributed by atoms with Crippen LogP contribution in [0.1, 0.15) is 52.4 Å². The van der Waals surface area contributed by atoms with E-state index in [-0.39, 0.29) is 0 Å². The number of rotatable bonds is 10. The van der Waals surface area contributed by atoms with Crippen LogP contribution < -0.4 is 0 Å². The molecule has 0 heterocycles. The lowest BCUT2D eigenvalue weighted by atomic mass is 10.1. The molecule has 0 aliphatic heterocycles. The van der Waals surface area contributed by atoms with Gasteiger partial charge in [0.15, 0.2) is 5.34 Å². The molecule has 14 heavy (non-hydrogen) atoms. The van der Waals surface area contributed by atoms with E-state index in [0.29, 0.717) is 6.61 Å². The maximum absolute atomic E-state index is 9.87. The van der Waals surface area contributed by atoms with Gasteiger partial charge in [0.2, 0.25) is 6.29 Å². The third-order valence-corrected chi connectivity index (χ3v) is 2.06. The first-order chi connectivity index (χ1) is 6.85. The summed E-state index contributed by atoms with van der Waals surface area (Å²) in [5, 5.41) is 2.39. The van der Waals surface area contributed by atoms with Crippen molar-refractivity contribution in [3.63, 3.8) is 0 Å². The first-order valence-corrected chi connectivity index (χ1v) is 5.45. The Morgan fingerprint density at radius 1 is 1.14 bits per heavy atom. The quantitative estimate of drug-likeness (QED) is 0.236. The maximum atomic E-state index is 9.87. The van der Waals surface area contributed by atoms with Crippen LogP contribution in [0.3, 0.4) is 0 Å². The number of hydrogen-bond donors (Lipinski definition) is 0. The third-order valence-electron chi connectivity index (χ3n) is 2.06. The monoisotopic (exact) mass is 203 g/mol. The van der Waals surface area contributed by atoms with E-state index in [2.05, 4.69) is 17.1 Å². The first kappa shape index (κ1) is 13.4. The van der Waals surface area contributed by atoms with Gasteiger partial charge in [-0.15, -0.1) is 4.91 Å². The molecule has 0 saturated heterocycles. The summed E-state index contributed by atoms with van der Waals surface area (Å²) >= 11 is 0. The van der Waals surface area contributed by atoms with Crippen molar-refractivity contribution in [3.05, 3.63) is 4.91 Å². The van der Waals surface area contributed by atoms with Crippen molar-refractivity contribution in [2.24, 2.45) is 5.34 Å². The fraction of sp³-hybridized carbons (Fsp3) is 1.00. The van der Waals surface area contributed by atoms with Crippen molar-refractivity contribution >= 4 is 0 Å². The summed E-state index contributed by atoms with van der Waals surface area (Å²) in [7, 11) is 0. The van der Waals surface area contributed by atoms with Gasteiger partial charge in [0.25, 0.3) is 0 Å². The van der Waals surface area contributed by atoms with Gasteiger partial charge in [0.1, 0.15) is 0 Å². The predicted octanol–water partition coefficient (Wildman–Crippen LogP) is 3.41. The molecule has 0 fully saturated rings. The molecule has 4 heteroatoms. The molecule has 0 aromatic heterocycles. The highest BCUT2D eigenvalue weighted by Gasteiger charge is 2.08. The second kappa shape index (κ2) is 10.4. The van der Waals surface area contributed by atoms with E-state index in [1.807, 2.05) is 6.92 Å². The minimum Gasteiger partial charge on any atom is -0.341 e. The number of ether oxygens (including phenoxy) is 1. The van der Waals surface area contributed by atoms with Crippen LogP contribution in [0.15, 0.2) is 5.34 Å². The van der Waals surface area contributed by atoms with Gasteiger partial charge in [-0.1, -0.05) is 32.6 Å². The van der Waals surface area contributed by atoms with Crippen molar-refractivity contribution < 1.29 is 9.57 Å². The molecule has 0 amide bonds. The van der Waals surface area contributed by atoms with E-state index in [1.54, 1.807) is 0 Å². The Bertz CT molecular complexity index is 131. The molecule has 0 aliphatic rings. The zero-order chi connectivity index (χ0) is 10.6. The average Bonchev–Trinajstić information content (AvgIpc) is 2.18. The van der Waals surface area contributed by atoms with Crippen molar-refractivity contribution in [1.82, 2.24) is 0 Å². The van der Waals surface area contributed by atoms with E-state index in [4.69, 9.17) is 4.74 Å². The van der Waals surface area contributed by atoms with Gasteiger partial charge in [0.05, 0.1) is 0 Å². The Morgan fingerprint density at radius 3 is 2.43 bits per heavy atom. The van der Waals surface area contributed by atoms with Crippen molar-refractivity contribution in [1.29, 1.82) is 0 Å². The fourth-order valence-corrected chi connectivity index (χ4v) is 1.31. The van der Waals surface area contributed by atoms with E-state index in [9.17, 15) is 4.91 Å². The number of unbranched alkanes of at least 4 members (excludes halogenated alkanes) is 4. The molecule has 1 unspecified atom stereocenters. The van der Waals surface area contributed by atoms with Gasteiger partial charge >= 0.3 is 0 Å². The largest absolute Gasteiger partial charge is 0.341 e. The fourth-order valence-electron chi connectivity index (χ4n) is 1.31.